The van der Waals surface area contributed by atoms with E-state index in [0.29, 0.717) is 11.7 Å². The predicted molar refractivity (Wildman–Crippen MR) is 91.2 cm³/mol. The lowest BCUT2D eigenvalue weighted by atomic mass is 10.2. The highest BCUT2D eigenvalue weighted by Crippen LogP contribution is 2.23. The van der Waals surface area contributed by atoms with E-state index in [2.05, 4.69) is 32.2 Å². The van der Waals surface area contributed by atoms with Crippen LogP contribution in [-0.4, -0.2) is 38.1 Å². The molecule has 1 amide bonds. The monoisotopic (exact) mass is 340 g/mol. The standard InChI is InChI=1S/C17H17FN6O/c1-11-3-2-6-23(11)16-5-4-15-20-10-14(24(15)22-16)17(25)21-13-7-12(18)8-19-9-13/h4-5,7-11H,2-3,6H2,1H3,(H,21,25). The maximum absolute atomic E-state index is 13.2. The van der Waals surface area contributed by atoms with Crippen LogP contribution < -0.4 is 10.2 Å². The number of fused-ring (bicyclic) bond motifs is 1. The molecule has 8 heteroatoms. The highest BCUT2D eigenvalue weighted by molar-refractivity contribution is 6.03. The summed E-state index contributed by atoms with van der Waals surface area (Å²) in [5, 5.41) is 7.20. The summed E-state index contributed by atoms with van der Waals surface area (Å²) in [5.74, 6) is -0.115. The van der Waals surface area contributed by atoms with Crippen molar-refractivity contribution < 1.29 is 9.18 Å². The summed E-state index contributed by atoms with van der Waals surface area (Å²) in [6, 6.07) is 5.39. The fourth-order valence-corrected chi connectivity index (χ4v) is 3.12. The van der Waals surface area contributed by atoms with Crippen LogP contribution in [0.4, 0.5) is 15.9 Å². The Labute approximate surface area is 143 Å². The van der Waals surface area contributed by atoms with Gasteiger partial charge in [0.1, 0.15) is 11.6 Å². The second-order valence-corrected chi connectivity index (χ2v) is 6.14. The van der Waals surface area contributed by atoms with Crippen LogP contribution in [0.1, 0.15) is 30.3 Å². The second kappa shape index (κ2) is 6.12. The molecule has 1 N–H and O–H groups in total. The van der Waals surface area contributed by atoms with Gasteiger partial charge in [0.2, 0.25) is 0 Å². The minimum Gasteiger partial charge on any atom is -0.352 e. The van der Waals surface area contributed by atoms with Gasteiger partial charge in [-0.15, -0.1) is 5.10 Å². The number of nitrogens with zero attached hydrogens (tertiary/aromatic N) is 5. The van der Waals surface area contributed by atoms with Gasteiger partial charge in [-0.2, -0.15) is 0 Å². The molecule has 1 unspecified atom stereocenters. The van der Waals surface area contributed by atoms with E-state index in [1.165, 1.54) is 23.0 Å². The van der Waals surface area contributed by atoms with Gasteiger partial charge in [0.25, 0.3) is 5.91 Å². The van der Waals surface area contributed by atoms with Gasteiger partial charge in [-0.1, -0.05) is 0 Å². The van der Waals surface area contributed by atoms with E-state index in [-0.39, 0.29) is 11.4 Å². The molecule has 0 spiro atoms. The van der Waals surface area contributed by atoms with Crippen molar-refractivity contribution in [3.8, 4) is 0 Å². The lowest BCUT2D eigenvalue weighted by Crippen LogP contribution is -2.28. The largest absolute Gasteiger partial charge is 0.352 e. The molecule has 0 bridgehead atoms. The van der Waals surface area contributed by atoms with Gasteiger partial charge in [-0.25, -0.2) is 13.9 Å². The summed E-state index contributed by atoms with van der Waals surface area (Å²) in [5.41, 5.74) is 1.15. The number of carbonyl (C=O) groups is 1. The molecule has 1 atom stereocenters. The van der Waals surface area contributed by atoms with E-state index in [9.17, 15) is 9.18 Å². The molecular weight excluding hydrogens is 323 g/mol. The molecule has 1 aliphatic heterocycles. The van der Waals surface area contributed by atoms with Gasteiger partial charge in [-0.3, -0.25) is 9.78 Å². The van der Waals surface area contributed by atoms with Gasteiger partial charge < -0.3 is 10.2 Å². The normalized spacial score (nSPS) is 17.2. The van der Waals surface area contributed by atoms with Crippen molar-refractivity contribution in [2.45, 2.75) is 25.8 Å². The average molecular weight is 340 g/mol. The SMILES string of the molecule is CC1CCCN1c1ccc2ncc(C(=O)Nc3cncc(F)c3)n2n1. The van der Waals surface area contributed by atoms with Crippen LogP contribution in [-0.2, 0) is 0 Å². The van der Waals surface area contributed by atoms with Crippen molar-refractivity contribution >= 4 is 23.1 Å². The minimum atomic E-state index is -0.514. The van der Waals surface area contributed by atoms with Gasteiger partial charge >= 0.3 is 0 Å². The Morgan fingerprint density at radius 1 is 1.32 bits per heavy atom. The Bertz CT molecular complexity index is 940. The van der Waals surface area contributed by atoms with Gasteiger partial charge in [0.05, 0.1) is 24.3 Å². The highest BCUT2D eigenvalue weighted by atomic mass is 19.1. The lowest BCUT2D eigenvalue weighted by molar-refractivity contribution is 0.102. The quantitative estimate of drug-likeness (QED) is 0.793. The Morgan fingerprint density at radius 2 is 2.20 bits per heavy atom. The van der Waals surface area contributed by atoms with E-state index >= 15 is 0 Å². The third-order valence-electron chi connectivity index (χ3n) is 4.39. The third kappa shape index (κ3) is 2.90. The summed E-state index contributed by atoms with van der Waals surface area (Å²) in [6.07, 6.45) is 6.18. The van der Waals surface area contributed by atoms with Crippen LogP contribution in [0.5, 0.6) is 0 Å². The zero-order chi connectivity index (χ0) is 17.4. The van der Waals surface area contributed by atoms with Crippen LogP contribution in [0.3, 0.4) is 0 Å². The molecule has 0 radical (unpaired) electrons. The van der Waals surface area contributed by atoms with Crippen molar-refractivity contribution in [1.82, 2.24) is 19.6 Å². The second-order valence-electron chi connectivity index (χ2n) is 6.14. The molecule has 1 saturated heterocycles. The molecule has 3 aromatic heterocycles. The molecular formula is C17H17FN6O. The predicted octanol–water partition coefficient (Wildman–Crippen LogP) is 2.50. The van der Waals surface area contributed by atoms with Crippen LogP contribution in [0.2, 0.25) is 0 Å². The van der Waals surface area contributed by atoms with E-state index in [1.54, 1.807) is 0 Å². The number of hydrogen-bond acceptors (Lipinski definition) is 5. The number of aromatic nitrogens is 4. The maximum Gasteiger partial charge on any atom is 0.276 e. The first-order valence-corrected chi connectivity index (χ1v) is 8.15. The van der Waals surface area contributed by atoms with Crippen LogP contribution in [0.15, 0.2) is 36.8 Å². The van der Waals surface area contributed by atoms with Crippen LogP contribution >= 0.6 is 0 Å². The number of amides is 1. The fraction of sp³-hybridized carbons (Fsp3) is 0.294. The minimum absolute atomic E-state index is 0.282. The van der Waals surface area contributed by atoms with E-state index < -0.39 is 11.7 Å². The fourth-order valence-electron chi connectivity index (χ4n) is 3.12. The van der Waals surface area contributed by atoms with Gasteiger partial charge in [0.15, 0.2) is 11.3 Å². The molecule has 0 aromatic carbocycles. The molecule has 4 rings (SSSR count). The summed E-state index contributed by atoms with van der Waals surface area (Å²) < 4.78 is 14.7. The Kier molecular flexibility index (Phi) is 3.79. The Morgan fingerprint density at radius 3 is 2.96 bits per heavy atom. The number of pyridine rings is 1. The summed E-state index contributed by atoms with van der Waals surface area (Å²) >= 11 is 0. The maximum atomic E-state index is 13.2. The molecule has 0 saturated carbocycles. The summed E-state index contributed by atoms with van der Waals surface area (Å²) in [7, 11) is 0. The first-order valence-electron chi connectivity index (χ1n) is 8.15. The molecule has 25 heavy (non-hydrogen) atoms. The van der Waals surface area contributed by atoms with Crippen molar-refractivity contribution in [2.75, 3.05) is 16.8 Å². The van der Waals surface area contributed by atoms with Crippen molar-refractivity contribution in [3.63, 3.8) is 0 Å². The number of rotatable bonds is 3. The van der Waals surface area contributed by atoms with Crippen molar-refractivity contribution in [2.24, 2.45) is 0 Å². The topological polar surface area (TPSA) is 75.4 Å². The molecule has 1 aliphatic rings. The number of hydrogen-bond donors (Lipinski definition) is 1. The highest BCUT2D eigenvalue weighted by Gasteiger charge is 2.23. The van der Waals surface area contributed by atoms with E-state index in [0.717, 1.165) is 31.4 Å². The van der Waals surface area contributed by atoms with Crippen LogP contribution in [0.25, 0.3) is 5.65 Å². The molecule has 4 heterocycles. The molecule has 0 aliphatic carbocycles. The number of anilines is 2. The smallest absolute Gasteiger partial charge is 0.276 e. The molecule has 3 aromatic rings. The first kappa shape index (κ1) is 15.5. The van der Waals surface area contributed by atoms with Crippen LogP contribution in [0, 0.1) is 5.82 Å². The van der Waals surface area contributed by atoms with Gasteiger partial charge in [0, 0.05) is 18.7 Å². The molecule has 1 fully saturated rings. The zero-order valence-electron chi connectivity index (χ0n) is 13.7. The average Bonchev–Trinajstić information content (AvgIpc) is 3.20. The van der Waals surface area contributed by atoms with Crippen molar-refractivity contribution in [3.05, 3.63) is 48.3 Å². The number of halogens is 1. The van der Waals surface area contributed by atoms with Gasteiger partial charge in [-0.05, 0) is 31.9 Å². The van der Waals surface area contributed by atoms with E-state index in [4.69, 9.17) is 0 Å². The first-order chi connectivity index (χ1) is 12.1. The Balaban J connectivity index is 1.66. The van der Waals surface area contributed by atoms with Crippen molar-refractivity contribution in [1.29, 1.82) is 0 Å². The summed E-state index contributed by atoms with van der Waals surface area (Å²) in [4.78, 5) is 22.7. The number of carbonyl (C=O) groups excluding carboxylic acids is 1. The zero-order valence-corrected chi connectivity index (χ0v) is 13.7. The lowest BCUT2D eigenvalue weighted by Gasteiger charge is -2.22. The Hall–Kier alpha value is -3.03. The molecule has 128 valence electrons. The number of nitrogens with one attached hydrogen (secondary N) is 1. The third-order valence-corrected chi connectivity index (χ3v) is 4.39. The summed E-state index contributed by atoms with van der Waals surface area (Å²) in [6.45, 7) is 3.11. The molecule has 7 nitrogen and oxygen atoms in total. The van der Waals surface area contributed by atoms with E-state index in [1.807, 2.05) is 12.1 Å². The number of imidazole rings is 1.